The van der Waals surface area contributed by atoms with Gasteiger partial charge in [0, 0.05) is 33.7 Å². The maximum absolute atomic E-state index is 13.2. The first-order valence-corrected chi connectivity index (χ1v) is 13.2. The summed E-state index contributed by atoms with van der Waals surface area (Å²) in [5.74, 6) is -2.27. The van der Waals surface area contributed by atoms with Crippen LogP contribution in [0.15, 0.2) is 97.1 Å². The molecule has 0 unspecified atom stereocenters. The number of nitrogens with zero attached hydrogens (tertiary/aromatic N) is 3. The largest absolute Gasteiger partial charge is 0.454 e. The minimum absolute atomic E-state index is 0.0310. The van der Waals surface area contributed by atoms with E-state index in [9.17, 15) is 29.3 Å². The number of nitro benzene ring substituents is 1. The van der Waals surface area contributed by atoms with Gasteiger partial charge in [0.1, 0.15) is 0 Å². The highest BCUT2D eigenvalue weighted by Gasteiger charge is 2.36. The summed E-state index contributed by atoms with van der Waals surface area (Å²) in [6.07, 6.45) is 0. The fourth-order valence-electron chi connectivity index (χ4n) is 4.80. The quantitative estimate of drug-likeness (QED) is 0.0706. The van der Waals surface area contributed by atoms with Gasteiger partial charge in [-0.25, -0.2) is 14.7 Å². The number of Topliss-reactive ketones (excluding diaryl/α,β-unsaturated/α-hetero) is 1. The molecule has 2 heterocycles. The van der Waals surface area contributed by atoms with Crippen molar-refractivity contribution < 1.29 is 28.8 Å². The van der Waals surface area contributed by atoms with Crippen LogP contribution in [0.5, 0.6) is 0 Å². The van der Waals surface area contributed by atoms with Gasteiger partial charge in [0.15, 0.2) is 6.61 Å². The Kier molecular flexibility index (Phi) is 6.96. The SMILES string of the molecule is O=C(COC(=O)c1cc(-c2ccc(N3C(=O)c4ccccc4C3=O)cc2)nc2ccc(Cl)cc12)c1cccc([N+](=O)[O-])c1. The molecule has 210 valence electrons. The van der Waals surface area contributed by atoms with Gasteiger partial charge in [-0.1, -0.05) is 48.0 Å². The average molecular weight is 592 g/mol. The normalized spacial score (nSPS) is 12.3. The van der Waals surface area contributed by atoms with Crippen LogP contribution in [0.2, 0.25) is 5.02 Å². The van der Waals surface area contributed by atoms with Crippen LogP contribution in [-0.4, -0.2) is 40.1 Å². The molecule has 0 spiro atoms. The fourth-order valence-corrected chi connectivity index (χ4v) is 4.98. The van der Waals surface area contributed by atoms with Gasteiger partial charge in [-0.05, 0) is 48.5 Å². The Morgan fingerprint density at radius 1 is 0.860 bits per heavy atom. The number of benzene rings is 4. The smallest absolute Gasteiger partial charge is 0.339 e. The molecule has 1 aliphatic heterocycles. The Balaban J connectivity index is 1.28. The Bertz CT molecular complexity index is 1970. The molecule has 2 amide bonds. The number of rotatable bonds is 7. The molecule has 1 aliphatic rings. The van der Waals surface area contributed by atoms with E-state index in [-0.39, 0.29) is 16.8 Å². The number of anilines is 1. The third-order valence-electron chi connectivity index (χ3n) is 6.92. The van der Waals surface area contributed by atoms with Crippen molar-refractivity contribution in [2.75, 3.05) is 11.5 Å². The summed E-state index contributed by atoms with van der Waals surface area (Å²) in [5, 5.41) is 11.8. The first-order chi connectivity index (χ1) is 20.7. The number of imide groups is 1. The van der Waals surface area contributed by atoms with E-state index in [1.54, 1.807) is 66.7 Å². The van der Waals surface area contributed by atoms with E-state index in [2.05, 4.69) is 4.98 Å². The minimum Gasteiger partial charge on any atom is -0.454 e. The van der Waals surface area contributed by atoms with E-state index >= 15 is 0 Å². The number of ketones is 1. The second-order valence-corrected chi connectivity index (χ2v) is 10.00. The van der Waals surface area contributed by atoms with Crippen LogP contribution in [0.25, 0.3) is 22.2 Å². The molecule has 0 N–H and O–H groups in total. The Morgan fingerprint density at radius 3 is 2.23 bits per heavy atom. The van der Waals surface area contributed by atoms with Gasteiger partial charge in [-0.15, -0.1) is 0 Å². The number of aromatic nitrogens is 1. The summed E-state index contributed by atoms with van der Waals surface area (Å²) >= 11 is 6.19. The second kappa shape index (κ2) is 10.9. The van der Waals surface area contributed by atoms with Gasteiger partial charge in [0.2, 0.25) is 5.78 Å². The molecular formula is C32H18ClN3O7. The highest BCUT2D eigenvalue weighted by Crippen LogP contribution is 2.32. The Labute approximate surface area is 248 Å². The van der Waals surface area contributed by atoms with Crippen LogP contribution in [0.4, 0.5) is 11.4 Å². The average Bonchev–Trinajstić information content (AvgIpc) is 3.28. The molecule has 0 bridgehead atoms. The number of esters is 1. The Morgan fingerprint density at radius 2 is 1.56 bits per heavy atom. The van der Waals surface area contributed by atoms with Crippen molar-refractivity contribution >= 4 is 57.4 Å². The lowest BCUT2D eigenvalue weighted by molar-refractivity contribution is -0.384. The zero-order valence-corrected chi connectivity index (χ0v) is 22.8. The topological polar surface area (TPSA) is 137 Å². The molecule has 0 radical (unpaired) electrons. The molecular weight excluding hydrogens is 574 g/mol. The maximum atomic E-state index is 13.2. The molecule has 5 aromatic rings. The molecule has 0 saturated heterocycles. The van der Waals surface area contributed by atoms with Crippen LogP contribution in [0.3, 0.4) is 0 Å². The number of carbonyl (C=O) groups excluding carboxylic acids is 4. The van der Waals surface area contributed by atoms with Crippen LogP contribution in [0.1, 0.15) is 41.4 Å². The van der Waals surface area contributed by atoms with Crippen molar-refractivity contribution in [2.45, 2.75) is 0 Å². The lowest BCUT2D eigenvalue weighted by Gasteiger charge is -2.15. The van der Waals surface area contributed by atoms with Crippen LogP contribution < -0.4 is 4.90 Å². The number of fused-ring (bicyclic) bond motifs is 2. The van der Waals surface area contributed by atoms with Gasteiger partial charge in [0.25, 0.3) is 17.5 Å². The van der Waals surface area contributed by atoms with E-state index in [1.807, 2.05) is 0 Å². The molecule has 4 aromatic carbocycles. The maximum Gasteiger partial charge on any atom is 0.339 e. The highest BCUT2D eigenvalue weighted by atomic mass is 35.5. The summed E-state index contributed by atoms with van der Waals surface area (Å²) in [6, 6.07) is 24.6. The third kappa shape index (κ3) is 5.11. The van der Waals surface area contributed by atoms with Crippen molar-refractivity contribution in [3.8, 4) is 11.3 Å². The van der Waals surface area contributed by atoms with Crippen molar-refractivity contribution in [3.05, 3.63) is 134 Å². The van der Waals surface area contributed by atoms with Gasteiger partial charge in [-0.3, -0.25) is 24.5 Å². The molecule has 6 rings (SSSR count). The monoisotopic (exact) mass is 591 g/mol. The summed E-state index contributed by atoms with van der Waals surface area (Å²) in [5.41, 5.74) is 2.31. The highest BCUT2D eigenvalue weighted by molar-refractivity contribution is 6.34. The van der Waals surface area contributed by atoms with Crippen molar-refractivity contribution in [1.29, 1.82) is 0 Å². The molecule has 0 aliphatic carbocycles. The minimum atomic E-state index is -0.822. The molecule has 10 nitrogen and oxygen atoms in total. The number of halogens is 1. The zero-order chi connectivity index (χ0) is 30.2. The molecule has 43 heavy (non-hydrogen) atoms. The van der Waals surface area contributed by atoms with Crippen molar-refractivity contribution in [3.63, 3.8) is 0 Å². The van der Waals surface area contributed by atoms with Gasteiger partial charge < -0.3 is 4.74 Å². The van der Waals surface area contributed by atoms with Gasteiger partial charge >= 0.3 is 5.97 Å². The van der Waals surface area contributed by atoms with Crippen LogP contribution in [0, 0.1) is 10.1 Å². The molecule has 1 aromatic heterocycles. The first-order valence-electron chi connectivity index (χ1n) is 12.8. The number of pyridine rings is 1. The molecule has 0 fully saturated rings. The summed E-state index contributed by atoms with van der Waals surface area (Å²) in [6.45, 7) is -0.644. The molecule has 11 heteroatoms. The lowest BCUT2D eigenvalue weighted by atomic mass is 10.0. The number of hydrogen-bond donors (Lipinski definition) is 0. The van der Waals surface area contributed by atoms with E-state index in [4.69, 9.17) is 16.3 Å². The van der Waals surface area contributed by atoms with Crippen molar-refractivity contribution in [2.24, 2.45) is 0 Å². The van der Waals surface area contributed by atoms with E-state index in [0.29, 0.717) is 44.0 Å². The summed E-state index contributed by atoms with van der Waals surface area (Å²) in [7, 11) is 0. The van der Waals surface area contributed by atoms with Crippen LogP contribution >= 0.6 is 11.6 Å². The molecule has 0 saturated carbocycles. The predicted octanol–water partition coefficient (Wildman–Crippen LogP) is 6.30. The number of carbonyl (C=O) groups is 4. The molecule has 0 atom stereocenters. The van der Waals surface area contributed by atoms with Crippen molar-refractivity contribution in [1.82, 2.24) is 4.98 Å². The number of non-ortho nitro benzene ring substituents is 1. The van der Waals surface area contributed by atoms with Gasteiger partial charge in [0.05, 0.1) is 38.5 Å². The van der Waals surface area contributed by atoms with Gasteiger partial charge in [-0.2, -0.15) is 0 Å². The number of ether oxygens (including phenoxy) is 1. The Hall–Kier alpha value is -5.74. The van der Waals surface area contributed by atoms with E-state index in [1.165, 1.54) is 24.3 Å². The lowest BCUT2D eigenvalue weighted by Crippen LogP contribution is -2.29. The van der Waals surface area contributed by atoms with Crippen LogP contribution in [-0.2, 0) is 4.74 Å². The first kappa shape index (κ1) is 27.4. The second-order valence-electron chi connectivity index (χ2n) is 9.56. The number of amides is 2. The fraction of sp³-hybridized carbons (Fsp3) is 0.0312. The summed E-state index contributed by atoms with van der Waals surface area (Å²) in [4.78, 5) is 67.8. The zero-order valence-electron chi connectivity index (χ0n) is 22.0. The van der Waals surface area contributed by atoms with E-state index in [0.717, 1.165) is 11.0 Å². The number of hydrogen-bond acceptors (Lipinski definition) is 8. The standard InChI is InChI=1S/C32H18ClN3O7/c33-20-10-13-27-25(15-20)26(32(40)43-17-29(37)19-4-3-5-22(14-19)36(41)42)16-28(34-27)18-8-11-21(12-9-18)35-30(38)23-6-1-2-7-24(23)31(35)39/h1-16H,17H2. The summed E-state index contributed by atoms with van der Waals surface area (Å²) < 4.78 is 5.31. The van der Waals surface area contributed by atoms with E-state index < -0.39 is 35.1 Å². The predicted molar refractivity (Wildman–Crippen MR) is 157 cm³/mol. The number of nitro groups is 1. The third-order valence-corrected chi connectivity index (χ3v) is 7.15.